The van der Waals surface area contributed by atoms with E-state index >= 15 is 0 Å². The number of Topliss-reactive ketones (excluding diaryl/α,β-unsaturated/α-hetero) is 1. The first kappa shape index (κ1) is 21.4. The third-order valence-electron chi connectivity index (χ3n) is 8.97. The molecule has 0 saturated heterocycles. The smallest absolute Gasteiger partial charge is 0.309 e. The molecule has 1 unspecified atom stereocenters. The summed E-state index contributed by atoms with van der Waals surface area (Å²) in [5, 5.41) is 29.5. The van der Waals surface area contributed by atoms with Gasteiger partial charge in [-0.25, -0.2) is 0 Å². The Morgan fingerprint density at radius 2 is 1.90 bits per heavy atom. The van der Waals surface area contributed by atoms with Gasteiger partial charge in [0.05, 0.1) is 0 Å². The minimum Gasteiger partial charge on any atom is -0.481 e. The number of allylic oxidation sites excluding steroid dienone is 4. The summed E-state index contributed by atoms with van der Waals surface area (Å²) in [4.78, 5) is 36.1. The Hall–Kier alpha value is -1.79. The zero-order chi connectivity index (χ0) is 22.1. The largest absolute Gasteiger partial charge is 0.481 e. The first-order valence-electron chi connectivity index (χ1n) is 11.1. The summed E-state index contributed by atoms with van der Waals surface area (Å²) in [6.07, 6.45) is 8.92. The van der Waals surface area contributed by atoms with Crippen molar-refractivity contribution < 1.29 is 29.7 Å². The predicted molar refractivity (Wildman–Crippen MR) is 109 cm³/mol. The van der Waals surface area contributed by atoms with Crippen molar-refractivity contribution in [2.75, 3.05) is 0 Å². The standard InChI is InChI=1S/C24H32O6/c1-13-10-18-16-5-4-14-11-15(25)6-8-22(14,2)17(16)7-9-23(18,3)20(13)21(28)24(29,30)12-19(26)27/h6,8,11,13,16-18,20,29-30H,4-5,7,9-10,12H2,1-3H3,(H,26,27)/t13?,16-,17+,18+,20-,22+,23+/m1/s1. The maximum atomic E-state index is 13.1. The number of carbonyl (C=O) groups is 3. The van der Waals surface area contributed by atoms with Gasteiger partial charge in [-0.05, 0) is 73.3 Å². The summed E-state index contributed by atoms with van der Waals surface area (Å²) in [6, 6.07) is 0. The third kappa shape index (κ3) is 3.02. The lowest BCUT2D eigenvalue weighted by atomic mass is 9.47. The van der Waals surface area contributed by atoms with Crippen molar-refractivity contribution >= 4 is 17.5 Å². The SMILES string of the molecule is CC1C[C@H]2[C@@H]3CCC4=CC(=O)C=C[C@]4(C)[C@H]3CC[C@]2(C)[C@H]1C(=O)C(O)(O)CC(=O)O. The number of aliphatic hydroxyl groups is 2. The van der Waals surface area contributed by atoms with Gasteiger partial charge in [-0.3, -0.25) is 14.4 Å². The van der Waals surface area contributed by atoms with Crippen LogP contribution in [0.3, 0.4) is 0 Å². The minimum absolute atomic E-state index is 0.0352. The Balaban J connectivity index is 1.64. The molecule has 3 N–H and O–H groups in total. The average Bonchev–Trinajstić information content (AvgIpc) is 2.90. The lowest BCUT2D eigenvalue weighted by Crippen LogP contribution is -2.53. The maximum absolute atomic E-state index is 13.1. The lowest BCUT2D eigenvalue weighted by Gasteiger charge is -2.57. The molecule has 0 aromatic carbocycles. The molecule has 164 valence electrons. The molecule has 4 rings (SSSR count). The monoisotopic (exact) mass is 416 g/mol. The van der Waals surface area contributed by atoms with Crippen LogP contribution in [-0.2, 0) is 14.4 Å². The first-order valence-corrected chi connectivity index (χ1v) is 11.1. The number of rotatable bonds is 4. The normalized spacial score (nSPS) is 42.8. The highest BCUT2D eigenvalue weighted by atomic mass is 16.5. The number of carboxylic acids is 1. The molecule has 3 fully saturated rings. The summed E-state index contributed by atoms with van der Waals surface area (Å²) in [6.45, 7) is 6.29. The van der Waals surface area contributed by atoms with Crippen LogP contribution in [0.5, 0.6) is 0 Å². The number of fused-ring (bicyclic) bond motifs is 5. The van der Waals surface area contributed by atoms with Gasteiger partial charge in [0.15, 0.2) is 11.6 Å². The van der Waals surface area contributed by atoms with E-state index in [4.69, 9.17) is 5.11 Å². The Labute approximate surface area is 177 Å². The first-order chi connectivity index (χ1) is 13.9. The molecule has 0 heterocycles. The van der Waals surface area contributed by atoms with Gasteiger partial charge in [0, 0.05) is 11.3 Å². The third-order valence-corrected chi connectivity index (χ3v) is 8.97. The van der Waals surface area contributed by atoms with Crippen LogP contribution in [0, 0.1) is 40.4 Å². The van der Waals surface area contributed by atoms with Crippen molar-refractivity contribution in [1.29, 1.82) is 0 Å². The molecule has 6 nitrogen and oxygen atoms in total. The molecule has 0 bridgehead atoms. The number of aliphatic carboxylic acids is 1. The molecule has 0 amide bonds. The molecular weight excluding hydrogens is 384 g/mol. The zero-order valence-corrected chi connectivity index (χ0v) is 17.9. The van der Waals surface area contributed by atoms with Gasteiger partial charge in [-0.2, -0.15) is 0 Å². The van der Waals surface area contributed by atoms with Crippen LogP contribution >= 0.6 is 0 Å². The van der Waals surface area contributed by atoms with Gasteiger partial charge in [0.25, 0.3) is 0 Å². The van der Waals surface area contributed by atoms with Gasteiger partial charge in [-0.15, -0.1) is 0 Å². The summed E-state index contributed by atoms with van der Waals surface area (Å²) in [7, 11) is 0. The van der Waals surface area contributed by atoms with Crippen molar-refractivity contribution in [3.05, 3.63) is 23.8 Å². The Bertz CT molecular complexity index is 854. The van der Waals surface area contributed by atoms with Gasteiger partial charge >= 0.3 is 5.97 Å². The van der Waals surface area contributed by atoms with Crippen LogP contribution < -0.4 is 0 Å². The second kappa shape index (κ2) is 6.86. The van der Waals surface area contributed by atoms with E-state index in [0.29, 0.717) is 11.8 Å². The Morgan fingerprint density at radius 1 is 1.20 bits per heavy atom. The molecule has 7 atom stereocenters. The van der Waals surface area contributed by atoms with Crippen molar-refractivity contribution in [3.63, 3.8) is 0 Å². The lowest BCUT2D eigenvalue weighted by molar-refractivity contribution is -0.199. The maximum Gasteiger partial charge on any atom is 0.309 e. The second-order valence-corrected chi connectivity index (χ2v) is 10.6. The van der Waals surface area contributed by atoms with E-state index < -0.39 is 29.9 Å². The Kier molecular flexibility index (Phi) is 4.90. The van der Waals surface area contributed by atoms with E-state index in [-0.39, 0.29) is 28.4 Å². The van der Waals surface area contributed by atoms with Crippen molar-refractivity contribution in [3.8, 4) is 0 Å². The number of carbonyl (C=O) groups excluding carboxylic acids is 2. The van der Waals surface area contributed by atoms with Crippen LogP contribution in [0.15, 0.2) is 23.8 Å². The summed E-state index contributed by atoms with van der Waals surface area (Å²) < 4.78 is 0. The van der Waals surface area contributed by atoms with Crippen LogP contribution in [-0.4, -0.2) is 38.6 Å². The van der Waals surface area contributed by atoms with E-state index in [1.54, 1.807) is 12.2 Å². The number of ketones is 2. The van der Waals surface area contributed by atoms with Crippen molar-refractivity contribution in [2.45, 2.75) is 65.1 Å². The molecule has 6 heteroatoms. The molecule has 3 saturated carbocycles. The predicted octanol–water partition coefficient (Wildman–Crippen LogP) is 2.88. The molecule has 0 aromatic rings. The highest BCUT2D eigenvalue weighted by Gasteiger charge is 2.63. The molecule has 0 radical (unpaired) electrons. The summed E-state index contributed by atoms with van der Waals surface area (Å²) >= 11 is 0. The van der Waals surface area contributed by atoms with Crippen molar-refractivity contribution in [1.82, 2.24) is 0 Å². The highest BCUT2D eigenvalue weighted by Crippen LogP contribution is 2.67. The quantitative estimate of drug-likeness (QED) is 0.608. The van der Waals surface area contributed by atoms with Crippen LogP contribution in [0.2, 0.25) is 0 Å². The van der Waals surface area contributed by atoms with E-state index in [0.717, 1.165) is 32.1 Å². The Morgan fingerprint density at radius 3 is 2.57 bits per heavy atom. The number of carboxylic acid groups (broad SMARTS) is 1. The second-order valence-electron chi connectivity index (χ2n) is 10.6. The van der Waals surface area contributed by atoms with Gasteiger partial charge in [0.2, 0.25) is 5.79 Å². The van der Waals surface area contributed by atoms with E-state index in [1.807, 2.05) is 6.92 Å². The molecule has 0 aromatic heterocycles. The molecule has 30 heavy (non-hydrogen) atoms. The van der Waals surface area contributed by atoms with Crippen LogP contribution in [0.25, 0.3) is 0 Å². The fourth-order valence-corrected chi connectivity index (χ4v) is 7.67. The van der Waals surface area contributed by atoms with E-state index in [1.165, 1.54) is 5.57 Å². The molecule has 0 spiro atoms. The van der Waals surface area contributed by atoms with E-state index in [2.05, 4.69) is 19.9 Å². The minimum atomic E-state index is -2.83. The fourth-order valence-electron chi connectivity index (χ4n) is 7.67. The topological polar surface area (TPSA) is 112 Å². The zero-order valence-electron chi connectivity index (χ0n) is 17.9. The summed E-state index contributed by atoms with van der Waals surface area (Å²) in [5.74, 6) is -4.46. The van der Waals surface area contributed by atoms with Gasteiger partial charge in [0.1, 0.15) is 6.42 Å². The van der Waals surface area contributed by atoms with Crippen LogP contribution in [0.4, 0.5) is 0 Å². The van der Waals surface area contributed by atoms with Gasteiger partial charge < -0.3 is 15.3 Å². The number of hydrogen-bond donors (Lipinski definition) is 3. The molecular formula is C24H32O6. The van der Waals surface area contributed by atoms with E-state index in [9.17, 15) is 24.6 Å². The van der Waals surface area contributed by atoms with Crippen molar-refractivity contribution in [2.24, 2.45) is 40.4 Å². The van der Waals surface area contributed by atoms with Gasteiger partial charge in [-0.1, -0.05) is 32.4 Å². The molecule has 4 aliphatic rings. The average molecular weight is 417 g/mol. The highest BCUT2D eigenvalue weighted by molar-refractivity contribution is 6.01. The molecule has 4 aliphatic carbocycles. The molecule has 0 aliphatic heterocycles. The summed E-state index contributed by atoms with van der Waals surface area (Å²) in [5.41, 5.74) is 0.702. The van der Waals surface area contributed by atoms with Crippen LogP contribution in [0.1, 0.15) is 59.3 Å². The fraction of sp³-hybridized carbons (Fsp3) is 0.708. The number of hydrogen-bond acceptors (Lipinski definition) is 5.